The van der Waals surface area contributed by atoms with Crippen molar-refractivity contribution in [1.82, 2.24) is 10.5 Å². The van der Waals surface area contributed by atoms with Crippen LogP contribution in [0.5, 0.6) is 0 Å². The van der Waals surface area contributed by atoms with E-state index in [2.05, 4.69) is 21.9 Å². The van der Waals surface area contributed by atoms with E-state index >= 15 is 0 Å². The van der Waals surface area contributed by atoms with E-state index in [1.165, 1.54) is 6.26 Å². The van der Waals surface area contributed by atoms with Gasteiger partial charge in [-0.2, -0.15) is 0 Å². The second-order valence-corrected chi connectivity index (χ2v) is 2.85. The summed E-state index contributed by atoms with van der Waals surface area (Å²) < 4.78 is 4.55. The van der Waals surface area contributed by atoms with Crippen molar-refractivity contribution in [2.45, 2.75) is 26.2 Å². The Morgan fingerprint density at radius 3 is 3.08 bits per heavy atom. The minimum atomic E-state index is -0.162. The number of nitrogens with zero attached hydrogens (tertiary/aromatic N) is 1. The summed E-state index contributed by atoms with van der Waals surface area (Å²) in [7, 11) is 0. The lowest BCUT2D eigenvalue weighted by Gasteiger charge is -2.00. The number of amides is 1. The van der Waals surface area contributed by atoms with Gasteiger partial charge in [-0.3, -0.25) is 4.79 Å². The Labute approximate surface area is 77.3 Å². The Hall–Kier alpha value is -1.32. The van der Waals surface area contributed by atoms with Gasteiger partial charge < -0.3 is 9.84 Å². The first kappa shape index (κ1) is 9.77. The molecule has 1 amide bonds. The molecule has 1 aromatic heterocycles. The monoisotopic (exact) mass is 182 g/mol. The summed E-state index contributed by atoms with van der Waals surface area (Å²) in [4.78, 5) is 11.2. The first-order valence-corrected chi connectivity index (χ1v) is 4.53. The lowest BCUT2D eigenvalue weighted by Crippen LogP contribution is -2.24. The second kappa shape index (κ2) is 5.35. The molecule has 13 heavy (non-hydrogen) atoms. The molecule has 0 bridgehead atoms. The molecule has 0 radical (unpaired) electrons. The standard InChI is InChI=1S/C9H14N2O2/c1-2-3-4-6-10-9(12)8-5-7-13-11-8/h5,7H,2-4,6H2,1H3,(H,10,12). The third-order valence-corrected chi connectivity index (χ3v) is 1.74. The van der Waals surface area contributed by atoms with Gasteiger partial charge in [-0.25, -0.2) is 0 Å². The van der Waals surface area contributed by atoms with Crippen LogP contribution in [0.3, 0.4) is 0 Å². The quantitative estimate of drug-likeness (QED) is 0.703. The van der Waals surface area contributed by atoms with E-state index < -0.39 is 0 Å². The number of hydrogen-bond donors (Lipinski definition) is 1. The molecule has 0 fully saturated rings. The number of carbonyl (C=O) groups excluding carboxylic acids is 1. The Morgan fingerprint density at radius 2 is 2.46 bits per heavy atom. The zero-order chi connectivity index (χ0) is 9.52. The van der Waals surface area contributed by atoms with Crippen LogP contribution in [0.15, 0.2) is 16.9 Å². The van der Waals surface area contributed by atoms with Crippen LogP contribution in [0.2, 0.25) is 0 Å². The number of nitrogens with one attached hydrogen (secondary N) is 1. The lowest BCUT2D eigenvalue weighted by atomic mass is 10.2. The Kier molecular flexibility index (Phi) is 4.02. The fraction of sp³-hybridized carbons (Fsp3) is 0.556. The van der Waals surface area contributed by atoms with Gasteiger partial charge >= 0.3 is 0 Å². The fourth-order valence-corrected chi connectivity index (χ4v) is 0.997. The summed E-state index contributed by atoms with van der Waals surface area (Å²) in [6, 6.07) is 1.55. The molecule has 1 rings (SSSR count). The third-order valence-electron chi connectivity index (χ3n) is 1.74. The van der Waals surface area contributed by atoms with Gasteiger partial charge in [-0.05, 0) is 6.42 Å². The molecule has 0 saturated heterocycles. The summed E-state index contributed by atoms with van der Waals surface area (Å²) in [5.74, 6) is -0.162. The van der Waals surface area contributed by atoms with E-state index in [0.717, 1.165) is 19.3 Å². The maximum atomic E-state index is 11.2. The second-order valence-electron chi connectivity index (χ2n) is 2.85. The molecule has 0 aliphatic heterocycles. The Bertz CT molecular complexity index is 244. The minimum Gasteiger partial charge on any atom is -0.364 e. The van der Waals surface area contributed by atoms with Crippen molar-refractivity contribution < 1.29 is 9.32 Å². The molecule has 0 atom stereocenters. The molecule has 1 aromatic rings. The van der Waals surface area contributed by atoms with E-state index in [1.807, 2.05) is 0 Å². The van der Waals surface area contributed by atoms with Crippen LogP contribution in [-0.4, -0.2) is 17.6 Å². The van der Waals surface area contributed by atoms with Crippen molar-refractivity contribution in [1.29, 1.82) is 0 Å². The van der Waals surface area contributed by atoms with Crippen molar-refractivity contribution >= 4 is 5.91 Å². The SMILES string of the molecule is CCCCCNC(=O)c1ccon1. The predicted molar refractivity (Wildman–Crippen MR) is 48.4 cm³/mol. The maximum Gasteiger partial charge on any atom is 0.273 e. The van der Waals surface area contributed by atoms with E-state index in [4.69, 9.17) is 0 Å². The molecule has 4 nitrogen and oxygen atoms in total. The molecule has 72 valence electrons. The molecular formula is C9H14N2O2. The number of aromatic nitrogens is 1. The minimum absolute atomic E-state index is 0.162. The molecule has 0 aromatic carbocycles. The molecule has 0 unspecified atom stereocenters. The molecular weight excluding hydrogens is 168 g/mol. The summed E-state index contributed by atoms with van der Waals surface area (Å²) in [6.45, 7) is 2.83. The van der Waals surface area contributed by atoms with Crippen LogP contribution >= 0.6 is 0 Å². The van der Waals surface area contributed by atoms with E-state index in [-0.39, 0.29) is 5.91 Å². The molecule has 0 saturated carbocycles. The predicted octanol–water partition coefficient (Wildman–Crippen LogP) is 1.59. The Morgan fingerprint density at radius 1 is 1.62 bits per heavy atom. The zero-order valence-electron chi connectivity index (χ0n) is 7.75. The largest absolute Gasteiger partial charge is 0.364 e. The number of unbranched alkanes of at least 4 members (excludes halogenated alkanes) is 2. The van der Waals surface area contributed by atoms with E-state index in [0.29, 0.717) is 12.2 Å². The van der Waals surface area contributed by atoms with Crippen LogP contribution in [0.25, 0.3) is 0 Å². The van der Waals surface area contributed by atoms with Gasteiger partial charge in [0.05, 0.1) is 0 Å². The van der Waals surface area contributed by atoms with Crippen LogP contribution in [0.4, 0.5) is 0 Å². The molecule has 1 N–H and O–H groups in total. The van der Waals surface area contributed by atoms with Crippen molar-refractivity contribution in [3.05, 3.63) is 18.0 Å². The van der Waals surface area contributed by atoms with Gasteiger partial charge in [-0.15, -0.1) is 0 Å². The van der Waals surface area contributed by atoms with Crippen LogP contribution in [0, 0.1) is 0 Å². The van der Waals surface area contributed by atoms with Gasteiger partial charge in [0.1, 0.15) is 6.26 Å². The van der Waals surface area contributed by atoms with E-state index in [1.54, 1.807) is 6.07 Å². The highest BCUT2D eigenvalue weighted by atomic mass is 16.5. The normalized spacial score (nSPS) is 9.92. The summed E-state index contributed by atoms with van der Waals surface area (Å²) in [5, 5.41) is 6.29. The average molecular weight is 182 g/mol. The van der Waals surface area contributed by atoms with Gasteiger partial charge in [0.15, 0.2) is 5.69 Å². The zero-order valence-corrected chi connectivity index (χ0v) is 7.75. The molecule has 0 spiro atoms. The molecule has 0 aliphatic carbocycles. The van der Waals surface area contributed by atoms with E-state index in [9.17, 15) is 4.79 Å². The van der Waals surface area contributed by atoms with Gasteiger partial charge in [0, 0.05) is 12.6 Å². The van der Waals surface area contributed by atoms with Crippen molar-refractivity contribution in [3.63, 3.8) is 0 Å². The highest BCUT2D eigenvalue weighted by molar-refractivity contribution is 5.91. The first-order valence-electron chi connectivity index (χ1n) is 4.53. The average Bonchev–Trinajstić information content (AvgIpc) is 2.65. The number of rotatable bonds is 5. The van der Waals surface area contributed by atoms with Crippen LogP contribution < -0.4 is 5.32 Å². The summed E-state index contributed by atoms with van der Waals surface area (Å²) in [5.41, 5.74) is 0.344. The van der Waals surface area contributed by atoms with Gasteiger partial charge in [0.25, 0.3) is 5.91 Å². The third kappa shape index (κ3) is 3.27. The summed E-state index contributed by atoms with van der Waals surface area (Å²) in [6.07, 6.45) is 4.69. The molecule has 1 heterocycles. The molecule has 4 heteroatoms. The fourth-order valence-electron chi connectivity index (χ4n) is 0.997. The first-order chi connectivity index (χ1) is 6.34. The van der Waals surface area contributed by atoms with Crippen molar-refractivity contribution in [2.24, 2.45) is 0 Å². The Balaban J connectivity index is 2.19. The topological polar surface area (TPSA) is 55.1 Å². The lowest BCUT2D eigenvalue weighted by molar-refractivity contribution is 0.0944. The maximum absolute atomic E-state index is 11.2. The van der Waals surface area contributed by atoms with Crippen LogP contribution in [0.1, 0.15) is 36.7 Å². The highest BCUT2D eigenvalue weighted by Crippen LogP contribution is 1.95. The number of carbonyl (C=O) groups is 1. The summed E-state index contributed by atoms with van der Waals surface area (Å²) >= 11 is 0. The smallest absolute Gasteiger partial charge is 0.273 e. The van der Waals surface area contributed by atoms with Crippen molar-refractivity contribution in [2.75, 3.05) is 6.54 Å². The highest BCUT2D eigenvalue weighted by Gasteiger charge is 2.06. The van der Waals surface area contributed by atoms with Gasteiger partial charge in [-0.1, -0.05) is 24.9 Å². The number of hydrogen-bond acceptors (Lipinski definition) is 3. The van der Waals surface area contributed by atoms with Crippen LogP contribution in [-0.2, 0) is 0 Å². The van der Waals surface area contributed by atoms with Gasteiger partial charge in [0.2, 0.25) is 0 Å². The van der Waals surface area contributed by atoms with Crippen molar-refractivity contribution in [3.8, 4) is 0 Å². The molecule has 0 aliphatic rings.